The van der Waals surface area contributed by atoms with E-state index in [1.807, 2.05) is 4.90 Å². The summed E-state index contributed by atoms with van der Waals surface area (Å²) in [6, 6.07) is 11.4. The Morgan fingerprint density at radius 2 is 1.67 bits per heavy atom. The van der Waals surface area contributed by atoms with Crippen LogP contribution in [0.25, 0.3) is 0 Å². The number of halogens is 3. The van der Waals surface area contributed by atoms with E-state index in [4.69, 9.17) is 12.2 Å². The maximum atomic E-state index is 12.8. The average molecular weight is 393 g/mol. The van der Waals surface area contributed by atoms with Crippen LogP contribution in [0.2, 0.25) is 0 Å². The molecule has 0 aromatic heterocycles. The largest absolute Gasteiger partial charge is 0.416 e. The number of thiocarbonyl (C=S) groups is 1. The predicted octanol–water partition coefficient (Wildman–Crippen LogP) is 4.84. The number of nitrogens with zero attached hydrogens (tertiary/aromatic N) is 2. The van der Waals surface area contributed by atoms with Crippen LogP contribution in [0.1, 0.15) is 16.7 Å². The molecule has 1 saturated heterocycles. The molecule has 1 fully saturated rings. The van der Waals surface area contributed by atoms with Crippen molar-refractivity contribution >= 4 is 28.7 Å². The molecular weight excluding hydrogens is 371 g/mol. The second-order valence-corrected chi connectivity index (χ2v) is 7.09. The fourth-order valence-electron chi connectivity index (χ4n) is 3.20. The van der Waals surface area contributed by atoms with E-state index in [9.17, 15) is 13.2 Å². The van der Waals surface area contributed by atoms with Crippen molar-refractivity contribution in [1.29, 1.82) is 0 Å². The summed E-state index contributed by atoms with van der Waals surface area (Å²) in [6.07, 6.45) is -4.36. The molecule has 1 heterocycles. The lowest BCUT2D eigenvalue weighted by Crippen LogP contribution is -2.50. The predicted molar refractivity (Wildman–Crippen MR) is 107 cm³/mol. The van der Waals surface area contributed by atoms with Crippen LogP contribution < -0.4 is 10.2 Å². The number of benzene rings is 2. The second kappa shape index (κ2) is 7.76. The normalized spacial score (nSPS) is 15.0. The van der Waals surface area contributed by atoms with Crippen LogP contribution in [-0.4, -0.2) is 36.2 Å². The molecule has 0 unspecified atom stereocenters. The first-order valence-electron chi connectivity index (χ1n) is 8.80. The molecule has 0 atom stereocenters. The third-order valence-corrected chi connectivity index (χ3v) is 5.29. The van der Waals surface area contributed by atoms with Crippen LogP contribution in [0.4, 0.5) is 24.5 Å². The van der Waals surface area contributed by atoms with E-state index in [-0.39, 0.29) is 0 Å². The number of aryl methyl sites for hydroxylation is 1. The van der Waals surface area contributed by atoms with E-state index < -0.39 is 11.7 Å². The summed E-state index contributed by atoms with van der Waals surface area (Å²) in [6.45, 7) is 7.29. The Labute approximate surface area is 162 Å². The van der Waals surface area contributed by atoms with Crippen LogP contribution >= 0.6 is 12.2 Å². The average Bonchev–Trinajstić information content (AvgIpc) is 2.64. The monoisotopic (exact) mass is 393 g/mol. The summed E-state index contributed by atoms with van der Waals surface area (Å²) in [5.74, 6) is 0. The lowest BCUT2D eigenvalue weighted by Gasteiger charge is -2.38. The maximum Gasteiger partial charge on any atom is 0.416 e. The van der Waals surface area contributed by atoms with E-state index in [0.717, 1.165) is 38.3 Å². The first kappa shape index (κ1) is 19.5. The topological polar surface area (TPSA) is 18.5 Å². The number of piperazine rings is 1. The van der Waals surface area contributed by atoms with Crippen molar-refractivity contribution < 1.29 is 13.2 Å². The van der Waals surface area contributed by atoms with Gasteiger partial charge in [0.1, 0.15) is 0 Å². The van der Waals surface area contributed by atoms with Crippen molar-refractivity contribution in [1.82, 2.24) is 4.90 Å². The summed E-state index contributed by atoms with van der Waals surface area (Å²) in [4.78, 5) is 4.32. The van der Waals surface area contributed by atoms with Gasteiger partial charge in [-0.05, 0) is 61.5 Å². The zero-order valence-electron chi connectivity index (χ0n) is 15.3. The molecule has 0 bridgehead atoms. The van der Waals surface area contributed by atoms with E-state index in [0.29, 0.717) is 10.8 Å². The minimum atomic E-state index is -4.36. The summed E-state index contributed by atoms with van der Waals surface area (Å²) in [5, 5.41) is 3.39. The van der Waals surface area contributed by atoms with Gasteiger partial charge in [0.2, 0.25) is 0 Å². The lowest BCUT2D eigenvalue weighted by atomic mass is 10.1. The molecule has 7 heteroatoms. The van der Waals surface area contributed by atoms with Gasteiger partial charge in [-0.25, -0.2) is 0 Å². The van der Waals surface area contributed by atoms with Gasteiger partial charge < -0.3 is 15.1 Å². The minimum Gasteiger partial charge on any atom is -0.368 e. The van der Waals surface area contributed by atoms with Crippen molar-refractivity contribution in [3.63, 3.8) is 0 Å². The molecule has 0 spiro atoms. The number of rotatable bonds is 2. The van der Waals surface area contributed by atoms with Gasteiger partial charge in [0, 0.05) is 37.6 Å². The molecular formula is C20H22F3N3S. The molecule has 27 heavy (non-hydrogen) atoms. The van der Waals surface area contributed by atoms with Crippen LogP contribution in [-0.2, 0) is 6.18 Å². The zero-order valence-corrected chi connectivity index (χ0v) is 16.1. The third-order valence-electron chi connectivity index (χ3n) is 4.92. The smallest absolute Gasteiger partial charge is 0.368 e. The molecule has 0 radical (unpaired) electrons. The van der Waals surface area contributed by atoms with Gasteiger partial charge in [-0.3, -0.25) is 0 Å². The molecule has 2 aromatic carbocycles. The van der Waals surface area contributed by atoms with Gasteiger partial charge in [-0.15, -0.1) is 0 Å². The van der Waals surface area contributed by atoms with Crippen LogP contribution in [0.5, 0.6) is 0 Å². The van der Waals surface area contributed by atoms with E-state index in [2.05, 4.69) is 42.3 Å². The van der Waals surface area contributed by atoms with Crippen molar-refractivity contribution in [2.24, 2.45) is 0 Å². The Morgan fingerprint density at radius 3 is 2.33 bits per heavy atom. The second-order valence-electron chi connectivity index (χ2n) is 6.70. The summed E-state index contributed by atoms with van der Waals surface area (Å²) >= 11 is 5.41. The summed E-state index contributed by atoms with van der Waals surface area (Å²) in [7, 11) is 0. The van der Waals surface area contributed by atoms with E-state index in [1.165, 1.54) is 22.9 Å². The Bertz CT molecular complexity index is 827. The van der Waals surface area contributed by atoms with E-state index >= 15 is 0 Å². The van der Waals surface area contributed by atoms with E-state index in [1.54, 1.807) is 6.07 Å². The van der Waals surface area contributed by atoms with Crippen LogP contribution in [0, 0.1) is 13.8 Å². The molecule has 1 aliphatic heterocycles. The SMILES string of the molecule is Cc1cccc(N2CCN(C(=S)Nc3cccc(C(F)(F)F)c3)CC2)c1C. The van der Waals surface area contributed by atoms with Gasteiger partial charge in [0.25, 0.3) is 0 Å². The van der Waals surface area contributed by atoms with Crippen LogP contribution in [0.3, 0.4) is 0 Å². The Morgan fingerprint density at radius 1 is 1.00 bits per heavy atom. The number of nitrogens with one attached hydrogen (secondary N) is 1. The Balaban J connectivity index is 1.61. The number of alkyl halides is 3. The maximum absolute atomic E-state index is 12.8. The summed E-state index contributed by atoms with van der Waals surface area (Å²) < 4.78 is 38.5. The van der Waals surface area contributed by atoms with Crippen molar-refractivity contribution in [2.45, 2.75) is 20.0 Å². The van der Waals surface area contributed by atoms with Crippen LogP contribution in [0.15, 0.2) is 42.5 Å². The molecule has 0 saturated carbocycles. The number of anilines is 2. The van der Waals surface area contributed by atoms with Gasteiger partial charge in [-0.2, -0.15) is 13.2 Å². The van der Waals surface area contributed by atoms with Crippen molar-refractivity contribution in [3.8, 4) is 0 Å². The van der Waals surface area contributed by atoms with Gasteiger partial charge in [0.05, 0.1) is 5.56 Å². The highest BCUT2D eigenvalue weighted by atomic mass is 32.1. The standard InChI is InChI=1S/C20H22F3N3S/c1-14-5-3-8-18(15(14)2)25-9-11-26(12-10-25)19(27)24-17-7-4-6-16(13-17)20(21,22)23/h3-8,13H,9-12H2,1-2H3,(H,24,27). The van der Waals surface area contributed by atoms with Crippen molar-refractivity contribution in [2.75, 3.05) is 36.4 Å². The highest BCUT2D eigenvalue weighted by molar-refractivity contribution is 7.80. The first-order valence-corrected chi connectivity index (χ1v) is 9.21. The Kier molecular flexibility index (Phi) is 5.60. The highest BCUT2D eigenvalue weighted by Crippen LogP contribution is 2.31. The van der Waals surface area contributed by atoms with Gasteiger partial charge in [-0.1, -0.05) is 18.2 Å². The first-order chi connectivity index (χ1) is 12.8. The quantitative estimate of drug-likeness (QED) is 0.736. The molecule has 1 N–H and O–H groups in total. The molecule has 3 nitrogen and oxygen atoms in total. The number of hydrogen-bond acceptors (Lipinski definition) is 2. The fourth-order valence-corrected chi connectivity index (χ4v) is 3.50. The van der Waals surface area contributed by atoms with Gasteiger partial charge in [0.15, 0.2) is 5.11 Å². The summed E-state index contributed by atoms with van der Waals surface area (Å²) in [5.41, 5.74) is 3.43. The van der Waals surface area contributed by atoms with Gasteiger partial charge >= 0.3 is 6.18 Å². The molecule has 3 rings (SSSR count). The third kappa shape index (κ3) is 4.53. The molecule has 1 aliphatic rings. The Hall–Kier alpha value is -2.28. The fraction of sp³-hybridized carbons (Fsp3) is 0.350. The molecule has 144 valence electrons. The molecule has 0 aliphatic carbocycles. The number of hydrogen-bond donors (Lipinski definition) is 1. The molecule has 0 amide bonds. The molecule has 2 aromatic rings. The van der Waals surface area contributed by atoms with Crippen molar-refractivity contribution in [3.05, 3.63) is 59.2 Å². The minimum absolute atomic E-state index is 0.354. The lowest BCUT2D eigenvalue weighted by molar-refractivity contribution is -0.137. The highest BCUT2D eigenvalue weighted by Gasteiger charge is 2.30. The zero-order chi connectivity index (χ0) is 19.6.